The summed E-state index contributed by atoms with van der Waals surface area (Å²) in [4.78, 5) is 4.28. The number of hydrogen-bond acceptors (Lipinski definition) is 3. The molecule has 4 heteroatoms. The first-order valence-corrected chi connectivity index (χ1v) is 7.20. The van der Waals surface area contributed by atoms with Crippen LogP contribution in [-0.4, -0.2) is 4.98 Å². The molecule has 0 saturated heterocycles. The van der Waals surface area contributed by atoms with Gasteiger partial charge in [0.05, 0.1) is 11.2 Å². The summed E-state index contributed by atoms with van der Waals surface area (Å²) in [6.07, 6.45) is 0. The Bertz CT molecular complexity index is 463. The first-order valence-electron chi connectivity index (χ1n) is 5.46. The van der Waals surface area contributed by atoms with Gasteiger partial charge >= 0.3 is 0 Å². The maximum absolute atomic E-state index is 4.28. The van der Waals surface area contributed by atoms with E-state index in [0.29, 0.717) is 0 Å². The lowest BCUT2D eigenvalue weighted by Crippen LogP contribution is -2.35. The molecule has 0 radical (unpaired) electrons. The zero-order valence-corrected chi connectivity index (χ0v) is 12.3. The molecule has 0 bridgehead atoms. The van der Waals surface area contributed by atoms with E-state index in [4.69, 9.17) is 0 Å². The molecule has 0 amide bonds. The highest BCUT2D eigenvalue weighted by Crippen LogP contribution is 2.22. The Labute approximate surface area is 114 Å². The van der Waals surface area contributed by atoms with Crippen LogP contribution in [0.2, 0.25) is 0 Å². The normalized spacial score (nSPS) is 11.7. The Morgan fingerprint density at radius 2 is 2.00 bits per heavy atom. The predicted molar refractivity (Wildman–Crippen MR) is 76.1 cm³/mol. The highest BCUT2D eigenvalue weighted by molar-refractivity contribution is 9.10. The molecule has 1 aromatic carbocycles. The molecular formula is C13H15BrN2S. The van der Waals surface area contributed by atoms with Crippen LogP contribution in [-0.2, 0) is 12.1 Å². The summed E-state index contributed by atoms with van der Waals surface area (Å²) in [6.45, 7) is 5.16. The number of aromatic nitrogens is 1. The van der Waals surface area contributed by atoms with E-state index in [1.165, 1.54) is 5.56 Å². The van der Waals surface area contributed by atoms with Crippen molar-refractivity contribution in [1.82, 2.24) is 10.3 Å². The monoisotopic (exact) mass is 310 g/mol. The summed E-state index contributed by atoms with van der Waals surface area (Å²) in [5.41, 5.74) is 4.18. The lowest BCUT2D eigenvalue weighted by molar-refractivity contribution is 0.399. The molecule has 0 atom stereocenters. The molecule has 1 N–H and O–H groups in total. The van der Waals surface area contributed by atoms with E-state index in [1.54, 1.807) is 11.3 Å². The van der Waals surface area contributed by atoms with Crippen molar-refractivity contribution < 1.29 is 0 Å². The molecule has 2 nitrogen and oxygen atoms in total. The van der Waals surface area contributed by atoms with Crippen molar-refractivity contribution in [3.63, 3.8) is 0 Å². The van der Waals surface area contributed by atoms with Crippen molar-refractivity contribution in [3.05, 3.63) is 50.9 Å². The molecule has 2 aromatic rings. The third kappa shape index (κ3) is 3.37. The summed E-state index contributed by atoms with van der Waals surface area (Å²) in [5, 5.41) is 5.60. The molecule has 90 valence electrons. The van der Waals surface area contributed by atoms with E-state index in [1.807, 2.05) is 5.51 Å². The van der Waals surface area contributed by atoms with Gasteiger partial charge in [0.25, 0.3) is 0 Å². The third-order valence-corrected chi connectivity index (χ3v) is 3.92. The fourth-order valence-electron chi connectivity index (χ4n) is 1.60. The van der Waals surface area contributed by atoms with E-state index in [2.05, 4.69) is 69.7 Å². The maximum Gasteiger partial charge on any atom is 0.0795 e. The van der Waals surface area contributed by atoms with Gasteiger partial charge in [0.15, 0.2) is 0 Å². The number of nitrogens with zero attached hydrogens (tertiary/aromatic N) is 1. The summed E-state index contributed by atoms with van der Waals surface area (Å²) >= 11 is 5.08. The third-order valence-electron chi connectivity index (χ3n) is 2.76. The minimum Gasteiger partial charge on any atom is -0.302 e. The summed E-state index contributed by atoms with van der Waals surface area (Å²) in [5.74, 6) is 0. The maximum atomic E-state index is 4.28. The zero-order chi connectivity index (χ0) is 12.3. The SMILES string of the molecule is CC(C)(NCc1cscn1)c1ccc(Br)cc1. The van der Waals surface area contributed by atoms with E-state index in [0.717, 1.165) is 16.7 Å². The number of thiazole rings is 1. The van der Waals surface area contributed by atoms with Gasteiger partial charge < -0.3 is 5.32 Å². The molecule has 1 aromatic heterocycles. The fourth-order valence-corrected chi connectivity index (χ4v) is 2.43. The van der Waals surface area contributed by atoms with E-state index in [-0.39, 0.29) is 5.54 Å². The molecule has 0 unspecified atom stereocenters. The Morgan fingerprint density at radius 1 is 1.29 bits per heavy atom. The molecule has 2 rings (SSSR count). The summed E-state index contributed by atoms with van der Waals surface area (Å²) in [7, 11) is 0. The molecule has 0 aliphatic heterocycles. The zero-order valence-electron chi connectivity index (χ0n) is 9.90. The van der Waals surface area contributed by atoms with E-state index < -0.39 is 0 Å². The van der Waals surface area contributed by atoms with E-state index >= 15 is 0 Å². The average Bonchev–Trinajstić information content (AvgIpc) is 2.80. The van der Waals surface area contributed by atoms with Gasteiger partial charge in [-0.2, -0.15) is 0 Å². The summed E-state index contributed by atoms with van der Waals surface area (Å²) < 4.78 is 1.11. The second kappa shape index (κ2) is 5.29. The summed E-state index contributed by atoms with van der Waals surface area (Å²) in [6, 6.07) is 8.42. The molecule has 17 heavy (non-hydrogen) atoms. The van der Waals surface area contributed by atoms with E-state index in [9.17, 15) is 0 Å². The Balaban J connectivity index is 2.05. The van der Waals surface area contributed by atoms with Crippen LogP contribution in [0.1, 0.15) is 25.1 Å². The second-order valence-electron chi connectivity index (χ2n) is 4.47. The standard InChI is InChI=1S/C13H15BrN2S/c1-13(2,10-3-5-11(14)6-4-10)16-7-12-8-17-9-15-12/h3-6,8-9,16H,7H2,1-2H3. The minimum absolute atomic E-state index is 0.0513. The molecular weight excluding hydrogens is 296 g/mol. The first kappa shape index (κ1) is 12.7. The van der Waals surface area contributed by atoms with Gasteiger partial charge in [0.1, 0.15) is 0 Å². The van der Waals surface area contributed by atoms with Gasteiger partial charge in [-0.3, -0.25) is 0 Å². The number of rotatable bonds is 4. The van der Waals surface area contributed by atoms with Crippen LogP contribution in [0.3, 0.4) is 0 Å². The van der Waals surface area contributed by atoms with Crippen LogP contribution in [0.5, 0.6) is 0 Å². The number of halogens is 1. The van der Waals surface area contributed by atoms with Crippen molar-refractivity contribution in [2.45, 2.75) is 25.9 Å². The van der Waals surface area contributed by atoms with Gasteiger partial charge in [0.2, 0.25) is 0 Å². The van der Waals surface area contributed by atoms with Crippen molar-refractivity contribution in [2.75, 3.05) is 0 Å². The number of benzene rings is 1. The fraction of sp³-hybridized carbons (Fsp3) is 0.308. The molecule has 0 aliphatic rings. The minimum atomic E-state index is -0.0513. The molecule has 1 heterocycles. The topological polar surface area (TPSA) is 24.9 Å². The Hall–Kier alpha value is -0.710. The number of hydrogen-bond donors (Lipinski definition) is 1. The first-order chi connectivity index (χ1) is 8.08. The lowest BCUT2D eigenvalue weighted by Gasteiger charge is -2.26. The predicted octanol–water partition coefficient (Wildman–Crippen LogP) is 3.93. The quantitative estimate of drug-likeness (QED) is 0.925. The number of nitrogens with one attached hydrogen (secondary N) is 1. The van der Waals surface area contributed by atoms with Crippen LogP contribution in [0.4, 0.5) is 0 Å². The van der Waals surface area contributed by atoms with Crippen LogP contribution in [0.15, 0.2) is 39.6 Å². The van der Waals surface area contributed by atoms with Crippen LogP contribution >= 0.6 is 27.3 Å². The van der Waals surface area contributed by atoms with Crippen molar-refractivity contribution >= 4 is 27.3 Å². The highest BCUT2D eigenvalue weighted by Gasteiger charge is 2.19. The van der Waals surface area contributed by atoms with Crippen molar-refractivity contribution in [1.29, 1.82) is 0 Å². The average molecular weight is 311 g/mol. The smallest absolute Gasteiger partial charge is 0.0795 e. The molecule has 0 saturated carbocycles. The van der Waals surface area contributed by atoms with Crippen molar-refractivity contribution in [2.24, 2.45) is 0 Å². The highest BCUT2D eigenvalue weighted by atomic mass is 79.9. The van der Waals surface area contributed by atoms with Gasteiger partial charge in [-0.1, -0.05) is 28.1 Å². The van der Waals surface area contributed by atoms with Gasteiger partial charge in [0, 0.05) is 21.9 Å². The van der Waals surface area contributed by atoms with Crippen molar-refractivity contribution in [3.8, 4) is 0 Å². The van der Waals surface area contributed by atoms with Gasteiger partial charge in [-0.25, -0.2) is 4.98 Å². The lowest BCUT2D eigenvalue weighted by atomic mass is 9.94. The van der Waals surface area contributed by atoms with Crippen LogP contribution in [0.25, 0.3) is 0 Å². The molecule has 0 fully saturated rings. The second-order valence-corrected chi connectivity index (χ2v) is 6.10. The van der Waals surface area contributed by atoms with Gasteiger partial charge in [-0.15, -0.1) is 11.3 Å². The molecule has 0 spiro atoms. The van der Waals surface area contributed by atoms with Gasteiger partial charge in [-0.05, 0) is 31.5 Å². The Morgan fingerprint density at radius 3 is 2.59 bits per heavy atom. The van der Waals surface area contributed by atoms with Crippen LogP contribution in [0, 0.1) is 0 Å². The Kier molecular flexibility index (Phi) is 3.97. The van der Waals surface area contributed by atoms with Crippen LogP contribution < -0.4 is 5.32 Å². The largest absolute Gasteiger partial charge is 0.302 e. The molecule has 0 aliphatic carbocycles.